The number of hydrogen-bond donors (Lipinski definition) is 2. The first-order valence-electron chi connectivity index (χ1n) is 6.23. The average molecular weight is 248 g/mol. The Morgan fingerprint density at radius 1 is 1.50 bits per heavy atom. The lowest BCUT2D eigenvalue weighted by Gasteiger charge is -2.37. The lowest BCUT2D eigenvalue weighted by molar-refractivity contribution is 0.318. The van der Waals surface area contributed by atoms with Crippen molar-refractivity contribution < 1.29 is 5.21 Å². The van der Waals surface area contributed by atoms with Gasteiger partial charge >= 0.3 is 0 Å². The van der Waals surface area contributed by atoms with Gasteiger partial charge in [-0.3, -0.25) is 4.98 Å². The third-order valence-corrected chi connectivity index (χ3v) is 3.67. The summed E-state index contributed by atoms with van der Waals surface area (Å²) in [6, 6.07) is 2.55. The molecule has 1 aromatic rings. The summed E-state index contributed by atoms with van der Waals surface area (Å²) in [6.07, 6.45) is 3.68. The molecule has 0 aliphatic heterocycles. The molecule has 98 valence electrons. The van der Waals surface area contributed by atoms with E-state index in [1.165, 1.54) is 19.3 Å². The maximum absolute atomic E-state index is 8.91. The molecule has 1 heterocycles. The van der Waals surface area contributed by atoms with Gasteiger partial charge in [0.25, 0.3) is 0 Å². The van der Waals surface area contributed by atoms with Crippen molar-refractivity contribution >= 4 is 11.5 Å². The molecule has 1 aromatic heterocycles. The molecule has 0 spiro atoms. The third-order valence-electron chi connectivity index (χ3n) is 3.67. The summed E-state index contributed by atoms with van der Waals surface area (Å²) in [7, 11) is 2.06. The fraction of sp³-hybridized carbons (Fsp3) is 0.538. The smallest absolute Gasteiger partial charge is 0.174 e. The Balaban J connectivity index is 2.49. The van der Waals surface area contributed by atoms with Crippen LogP contribution in [0.5, 0.6) is 0 Å². The Hall–Kier alpha value is -1.78. The lowest BCUT2D eigenvalue weighted by Crippen LogP contribution is -2.38. The summed E-state index contributed by atoms with van der Waals surface area (Å²) >= 11 is 0. The number of hydrogen-bond acceptors (Lipinski definition) is 4. The van der Waals surface area contributed by atoms with Crippen molar-refractivity contribution in [3.8, 4) is 0 Å². The van der Waals surface area contributed by atoms with Gasteiger partial charge in [0.1, 0.15) is 0 Å². The van der Waals surface area contributed by atoms with E-state index in [1.54, 1.807) is 0 Å². The normalized spacial score (nSPS) is 16.5. The molecule has 18 heavy (non-hydrogen) atoms. The molecule has 0 saturated heterocycles. The van der Waals surface area contributed by atoms with Gasteiger partial charge in [0, 0.05) is 18.8 Å². The highest BCUT2D eigenvalue weighted by Gasteiger charge is 2.25. The third kappa shape index (κ3) is 2.12. The Kier molecular flexibility index (Phi) is 3.41. The van der Waals surface area contributed by atoms with Gasteiger partial charge in [-0.15, -0.1) is 0 Å². The van der Waals surface area contributed by atoms with E-state index in [9.17, 15) is 0 Å². The van der Waals surface area contributed by atoms with E-state index in [0.717, 1.165) is 22.6 Å². The molecule has 1 saturated carbocycles. The SMILES string of the molecule is Cc1cc(N(C)C2CCC2)c(/C(N)=N/O)c(C)n1. The lowest BCUT2D eigenvalue weighted by atomic mass is 9.91. The molecule has 0 amide bonds. The van der Waals surface area contributed by atoms with E-state index >= 15 is 0 Å². The van der Waals surface area contributed by atoms with Crippen LogP contribution in [0, 0.1) is 13.8 Å². The zero-order valence-electron chi connectivity index (χ0n) is 11.1. The Morgan fingerprint density at radius 2 is 2.17 bits per heavy atom. The van der Waals surface area contributed by atoms with Crippen LogP contribution in [-0.4, -0.2) is 29.1 Å². The fourth-order valence-corrected chi connectivity index (χ4v) is 2.42. The quantitative estimate of drug-likeness (QED) is 0.370. The number of amidine groups is 1. The molecular weight excluding hydrogens is 228 g/mol. The van der Waals surface area contributed by atoms with Gasteiger partial charge in [0.2, 0.25) is 0 Å². The van der Waals surface area contributed by atoms with Crippen molar-refractivity contribution in [1.82, 2.24) is 4.98 Å². The van der Waals surface area contributed by atoms with Crippen molar-refractivity contribution in [1.29, 1.82) is 0 Å². The van der Waals surface area contributed by atoms with Crippen molar-refractivity contribution in [3.63, 3.8) is 0 Å². The second-order valence-electron chi connectivity index (χ2n) is 4.92. The molecular formula is C13H20N4O. The van der Waals surface area contributed by atoms with Gasteiger partial charge in [0.15, 0.2) is 5.84 Å². The van der Waals surface area contributed by atoms with Crippen LogP contribution in [0.25, 0.3) is 0 Å². The molecule has 0 aromatic carbocycles. The van der Waals surface area contributed by atoms with Crippen molar-refractivity contribution in [2.24, 2.45) is 10.9 Å². The van der Waals surface area contributed by atoms with E-state index in [4.69, 9.17) is 10.9 Å². The highest BCUT2D eigenvalue weighted by atomic mass is 16.4. The zero-order chi connectivity index (χ0) is 13.3. The summed E-state index contributed by atoms with van der Waals surface area (Å²) in [5.74, 6) is 0.126. The average Bonchev–Trinajstić information content (AvgIpc) is 2.24. The van der Waals surface area contributed by atoms with Crippen LogP contribution in [0.3, 0.4) is 0 Å². The van der Waals surface area contributed by atoms with E-state index in [0.29, 0.717) is 6.04 Å². The largest absolute Gasteiger partial charge is 0.409 e. The van der Waals surface area contributed by atoms with Crippen molar-refractivity contribution in [2.45, 2.75) is 39.2 Å². The minimum absolute atomic E-state index is 0.126. The van der Waals surface area contributed by atoms with Gasteiger partial charge in [0.05, 0.1) is 16.9 Å². The molecule has 0 unspecified atom stereocenters. The predicted octanol–water partition coefficient (Wildman–Crippen LogP) is 1.78. The Morgan fingerprint density at radius 3 is 2.67 bits per heavy atom. The Labute approximate surface area is 107 Å². The van der Waals surface area contributed by atoms with E-state index in [1.807, 2.05) is 19.9 Å². The summed E-state index contributed by atoms with van der Waals surface area (Å²) in [6.45, 7) is 3.85. The molecule has 0 bridgehead atoms. The van der Waals surface area contributed by atoms with Crippen LogP contribution in [0.2, 0.25) is 0 Å². The van der Waals surface area contributed by atoms with E-state index < -0.39 is 0 Å². The first-order valence-corrected chi connectivity index (χ1v) is 6.23. The van der Waals surface area contributed by atoms with Gasteiger partial charge in [-0.05, 0) is 39.2 Å². The molecule has 0 atom stereocenters. The number of rotatable bonds is 3. The molecule has 5 heteroatoms. The van der Waals surface area contributed by atoms with Crippen LogP contribution >= 0.6 is 0 Å². The molecule has 3 N–H and O–H groups in total. The minimum Gasteiger partial charge on any atom is -0.409 e. The maximum atomic E-state index is 8.91. The molecule has 1 fully saturated rings. The first kappa shape index (κ1) is 12.7. The number of nitrogens with zero attached hydrogens (tertiary/aromatic N) is 3. The zero-order valence-corrected chi connectivity index (χ0v) is 11.1. The summed E-state index contributed by atoms with van der Waals surface area (Å²) in [5.41, 5.74) is 9.26. The van der Waals surface area contributed by atoms with E-state index in [-0.39, 0.29) is 5.84 Å². The number of oxime groups is 1. The maximum Gasteiger partial charge on any atom is 0.174 e. The minimum atomic E-state index is 0.126. The number of aryl methyl sites for hydroxylation is 2. The van der Waals surface area contributed by atoms with Gasteiger partial charge in [-0.25, -0.2) is 0 Å². The summed E-state index contributed by atoms with van der Waals surface area (Å²) in [5, 5.41) is 12.0. The topological polar surface area (TPSA) is 74.7 Å². The van der Waals surface area contributed by atoms with Crippen LogP contribution in [0.15, 0.2) is 11.2 Å². The summed E-state index contributed by atoms with van der Waals surface area (Å²) in [4.78, 5) is 6.61. The molecule has 5 nitrogen and oxygen atoms in total. The van der Waals surface area contributed by atoms with E-state index in [2.05, 4.69) is 22.1 Å². The fourth-order valence-electron chi connectivity index (χ4n) is 2.42. The van der Waals surface area contributed by atoms with Crippen LogP contribution in [0.1, 0.15) is 36.2 Å². The molecule has 2 rings (SSSR count). The van der Waals surface area contributed by atoms with Crippen LogP contribution in [0.4, 0.5) is 5.69 Å². The number of pyridine rings is 1. The van der Waals surface area contributed by atoms with Gasteiger partial charge in [-0.2, -0.15) is 0 Å². The van der Waals surface area contributed by atoms with Gasteiger partial charge < -0.3 is 15.8 Å². The second-order valence-corrected chi connectivity index (χ2v) is 4.92. The first-order chi connectivity index (χ1) is 8.54. The highest BCUT2D eigenvalue weighted by molar-refractivity contribution is 6.03. The van der Waals surface area contributed by atoms with Gasteiger partial charge in [-0.1, -0.05) is 5.16 Å². The van der Waals surface area contributed by atoms with Crippen LogP contribution < -0.4 is 10.6 Å². The summed E-state index contributed by atoms with van der Waals surface area (Å²) < 4.78 is 0. The second kappa shape index (κ2) is 4.84. The van der Waals surface area contributed by atoms with Crippen molar-refractivity contribution in [2.75, 3.05) is 11.9 Å². The number of aromatic nitrogens is 1. The molecule has 1 aliphatic carbocycles. The predicted molar refractivity (Wildman–Crippen MR) is 72.3 cm³/mol. The Bertz CT molecular complexity index is 480. The number of nitrogens with two attached hydrogens (primary N) is 1. The highest BCUT2D eigenvalue weighted by Crippen LogP contribution is 2.31. The molecule has 1 aliphatic rings. The van der Waals surface area contributed by atoms with Crippen LogP contribution in [-0.2, 0) is 0 Å². The standard InChI is InChI=1S/C13H20N4O/c1-8-7-11(17(3)10-5-4-6-10)12(9(2)15-8)13(14)16-18/h7,10,18H,4-6H2,1-3H3,(H2,14,16). The molecule has 0 radical (unpaired) electrons. The number of anilines is 1. The van der Waals surface area contributed by atoms with Crippen molar-refractivity contribution in [3.05, 3.63) is 23.0 Å². The monoisotopic (exact) mass is 248 g/mol.